The molecule has 0 N–H and O–H groups in total. The number of fused-ring (bicyclic) bond motifs is 1. The minimum absolute atomic E-state index is 0.0943. The molecule has 28 heavy (non-hydrogen) atoms. The topological polar surface area (TPSA) is 75.5 Å². The summed E-state index contributed by atoms with van der Waals surface area (Å²) in [6.07, 6.45) is 0. The molecule has 0 saturated carbocycles. The highest BCUT2D eigenvalue weighted by molar-refractivity contribution is 5.97. The Labute approximate surface area is 160 Å². The lowest BCUT2D eigenvalue weighted by atomic mass is 10.1. The van der Waals surface area contributed by atoms with Crippen LogP contribution in [0.1, 0.15) is 24.2 Å². The van der Waals surface area contributed by atoms with Gasteiger partial charge in [0.05, 0.1) is 6.61 Å². The fraction of sp³-hybridized carbons (Fsp3) is 0.250. The molecule has 0 saturated heterocycles. The number of hydrogen-bond acceptors (Lipinski definition) is 6. The quantitative estimate of drug-likeness (QED) is 0.671. The molecule has 0 radical (unpaired) electrons. The summed E-state index contributed by atoms with van der Waals surface area (Å²) in [4.78, 5) is 17.3. The summed E-state index contributed by atoms with van der Waals surface area (Å²) in [5, 5.41) is 4.22. The van der Waals surface area contributed by atoms with Crippen molar-refractivity contribution < 1.29 is 23.4 Å². The van der Waals surface area contributed by atoms with Crippen LogP contribution in [0.15, 0.2) is 42.5 Å². The van der Waals surface area contributed by atoms with Gasteiger partial charge in [-0.3, -0.25) is 4.79 Å². The first-order valence-corrected chi connectivity index (χ1v) is 8.81. The van der Waals surface area contributed by atoms with Crippen LogP contribution in [0.25, 0.3) is 11.4 Å². The van der Waals surface area contributed by atoms with Crippen LogP contribution in [0.3, 0.4) is 0 Å². The molecule has 1 aliphatic heterocycles. The van der Waals surface area contributed by atoms with Gasteiger partial charge in [0, 0.05) is 11.1 Å². The standard InChI is InChI=1S/C20H18FN3O4/c1-12(2)10-26-20-22-18(14-5-8-16-17(9-14)28-11-27-16)24(23-20)19(25)13-3-6-15(21)7-4-13/h3-9,12H,10-11H2,1-2H3. The predicted octanol–water partition coefficient (Wildman–Crippen LogP) is 3.54. The Hall–Kier alpha value is -3.42. The van der Waals surface area contributed by atoms with Crippen molar-refractivity contribution in [2.75, 3.05) is 13.4 Å². The average Bonchev–Trinajstić information content (AvgIpc) is 3.32. The van der Waals surface area contributed by atoms with Gasteiger partial charge in [0.25, 0.3) is 5.91 Å². The van der Waals surface area contributed by atoms with Crippen LogP contribution in [0, 0.1) is 11.7 Å². The summed E-state index contributed by atoms with van der Waals surface area (Å²) in [6.45, 7) is 4.55. The van der Waals surface area contributed by atoms with Crippen LogP contribution in [0.5, 0.6) is 17.5 Å². The molecule has 2 heterocycles. The van der Waals surface area contributed by atoms with Gasteiger partial charge < -0.3 is 14.2 Å². The van der Waals surface area contributed by atoms with Gasteiger partial charge in [0.2, 0.25) is 6.79 Å². The maximum atomic E-state index is 13.2. The second-order valence-corrected chi connectivity index (χ2v) is 6.71. The van der Waals surface area contributed by atoms with Crippen molar-refractivity contribution in [1.29, 1.82) is 0 Å². The normalized spacial score (nSPS) is 12.4. The molecule has 0 fully saturated rings. The Morgan fingerprint density at radius 3 is 2.68 bits per heavy atom. The molecule has 4 rings (SSSR count). The third-order valence-corrected chi connectivity index (χ3v) is 4.05. The molecule has 0 aliphatic carbocycles. The van der Waals surface area contributed by atoms with Crippen molar-refractivity contribution in [2.24, 2.45) is 5.92 Å². The Morgan fingerprint density at radius 1 is 1.18 bits per heavy atom. The first-order chi connectivity index (χ1) is 13.5. The third kappa shape index (κ3) is 3.53. The summed E-state index contributed by atoms with van der Waals surface area (Å²) in [7, 11) is 0. The van der Waals surface area contributed by atoms with E-state index in [4.69, 9.17) is 14.2 Å². The molecule has 1 aliphatic rings. The van der Waals surface area contributed by atoms with E-state index in [2.05, 4.69) is 10.1 Å². The highest BCUT2D eigenvalue weighted by Gasteiger charge is 2.22. The van der Waals surface area contributed by atoms with Crippen molar-refractivity contribution in [3.05, 3.63) is 53.8 Å². The van der Waals surface area contributed by atoms with Crippen molar-refractivity contribution in [1.82, 2.24) is 14.8 Å². The Morgan fingerprint density at radius 2 is 1.93 bits per heavy atom. The fourth-order valence-electron chi connectivity index (χ4n) is 2.67. The van der Waals surface area contributed by atoms with Crippen LogP contribution < -0.4 is 14.2 Å². The summed E-state index contributed by atoms with van der Waals surface area (Å²) >= 11 is 0. The molecule has 0 spiro atoms. The van der Waals surface area contributed by atoms with E-state index in [1.54, 1.807) is 18.2 Å². The molecular formula is C20H18FN3O4. The molecule has 0 atom stereocenters. The lowest BCUT2D eigenvalue weighted by molar-refractivity contribution is 0.0944. The lowest BCUT2D eigenvalue weighted by Gasteiger charge is -2.05. The van der Waals surface area contributed by atoms with E-state index in [0.29, 0.717) is 29.5 Å². The van der Waals surface area contributed by atoms with E-state index in [-0.39, 0.29) is 24.3 Å². The van der Waals surface area contributed by atoms with E-state index >= 15 is 0 Å². The largest absolute Gasteiger partial charge is 0.462 e. The minimum Gasteiger partial charge on any atom is -0.462 e. The molecule has 8 heteroatoms. The number of halogens is 1. The van der Waals surface area contributed by atoms with Crippen molar-refractivity contribution >= 4 is 5.91 Å². The SMILES string of the molecule is CC(C)COc1nc(-c2ccc3c(c2)OCO3)n(C(=O)c2ccc(F)cc2)n1. The molecule has 3 aromatic rings. The van der Waals surface area contributed by atoms with E-state index in [9.17, 15) is 9.18 Å². The van der Waals surface area contributed by atoms with Crippen molar-refractivity contribution in [2.45, 2.75) is 13.8 Å². The summed E-state index contributed by atoms with van der Waals surface area (Å²) in [5.74, 6) is 0.883. The van der Waals surface area contributed by atoms with Crippen molar-refractivity contribution in [3.8, 4) is 28.9 Å². The monoisotopic (exact) mass is 383 g/mol. The Balaban J connectivity index is 1.75. The number of carbonyl (C=O) groups is 1. The zero-order valence-electron chi connectivity index (χ0n) is 15.4. The van der Waals surface area contributed by atoms with E-state index in [0.717, 1.165) is 4.68 Å². The van der Waals surface area contributed by atoms with Crippen LogP contribution in [-0.2, 0) is 0 Å². The number of rotatable bonds is 5. The Bertz CT molecular complexity index is 1010. The number of aromatic nitrogens is 3. The van der Waals surface area contributed by atoms with Crippen molar-refractivity contribution in [3.63, 3.8) is 0 Å². The maximum absolute atomic E-state index is 13.2. The zero-order valence-corrected chi connectivity index (χ0v) is 15.4. The fourth-order valence-corrected chi connectivity index (χ4v) is 2.67. The number of nitrogens with zero attached hydrogens (tertiary/aromatic N) is 3. The number of benzene rings is 2. The summed E-state index contributed by atoms with van der Waals surface area (Å²) < 4.78 is 30.7. The van der Waals surface area contributed by atoms with Gasteiger partial charge in [0.15, 0.2) is 17.3 Å². The molecule has 7 nitrogen and oxygen atoms in total. The number of hydrogen-bond donors (Lipinski definition) is 0. The lowest BCUT2D eigenvalue weighted by Crippen LogP contribution is -2.15. The average molecular weight is 383 g/mol. The van der Waals surface area contributed by atoms with E-state index in [1.165, 1.54) is 24.3 Å². The van der Waals surface area contributed by atoms with Gasteiger partial charge in [-0.25, -0.2) is 4.39 Å². The molecular weight excluding hydrogens is 365 g/mol. The Kier molecular flexibility index (Phi) is 4.68. The van der Waals surface area contributed by atoms with Crippen LogP contribution in [0.2, 0.25) is 0 Å². The van der Waals surface area contributed by atoms with Gasteiger partial charge in [-0.15, -0.1) is 5.10 Å². The van der Waals surface area contributed by atoms with E-state index in [1.807, 2.05) is 13.8 Å². The van der Waals surface area contributed by atoms with Gasteiger partial charge in [-0.05, 0) is 48.4 Å². The molecule has 0 unspecified atom stereocenters. The van der Waals surface area contributed by atoms with Crippen LogP contribution >= 0.6 is 0 Å². The second kappa shape index (κ2) is 7.30. The van der Waals surface area contributed by atoms with Crippen LogP contribution in [0.4, 0.5) is 4.39 Å². The van der Waals surface area contributed by atoms with Crippen LogP contribution in [-0.4, -0.2) is 34.1 Å². The molecule has 0 amide bonds. The molecule has 144 valence electrons. The molecule has 2 aromatic carbocycles. The number of carbonyl (C=O) groups excluding carboxylic acids is 1. The highest BCUT2D eigenvalue weighted by atomic mass is 19.1. The first-order valence-electron chi connectivity index (χ1n) is 8.81. The predicted molar refractivity (Wildman–Crippen MR) is 98.0 cm³/mol. The minimum atomic E-state index is -0.445. The third-order valence-electron chi connectivity index (χ3n) is 4.05. The summed E-state index contributed by atoms with van der Waals surface area (Å²) in [5.41, 5.74) is 0.898. The maximum Gasteiger partial charge on any atom is 0.336 e. The van der Waals surface area contributed by atoms with Gasteiger partial charge in [0.1, 0.15) is 5.82 Å². The highest BCUT2D eigenvalue weighted by Crippen LogP contribution is 2.36. The van der Waals surface area contributed by atoms with Gasteiger partial charge in [-0.2, -0.15) is 9.67 Å². The van der Waals surface area contributed by atoms with Gasteiger partial charge >= 0.3 is 6.01 Å². The van der Waals surface area contributed by atoms with Gasteiger partial charge in [-0.1, -0.05) is 13.8 Å². The zero-order chi connectivity index (χ0) is 19.7. The molecule has 0 bridgehead atoms. The summed E-state index contributed by atoms with van der Waals surface area (Å²) in [6, 6.07) is 10.6. The first kappa shape index (κ1) is 18.0. The number of ether oxygens (including phenoxy) is 3. The second-order valence-electron chi connectivity index (χ2n) is 6.71. The molecule has 1 aromatic heterocycles. The smallest absolute Gasteiger partial charge is 0.336 e. The van der Waals surface area contributed by atoms with E-state index < -0.39 is 11.7 Å².